The van der Waals surface area contributed by atoms with Gasteiger partial charge in [0.2, 0.25) is 4.80 Å². The van der Waals surface area contributed by atoms with Crippen molar-refractivity contribution < 1.29 is 47.6 Å². The van der Waals surface area contributed by atoms with E-state index in [1.54, 1.807) is 73.7 Å². The molecule has 0 saturated heterocycles. The third kappa shape index (κ3) is 14.4. The van der Waals surface area contributed by atoms with Gasteiger partial charge in [-0.3, -0.25) is 0 Å². The van der Waals surface area contributed by atoms with E-state index in [2.05, 4.69) is 23.4 Å². The quantitative estimate of drug-likeness (QED) is 0.0146. The number of hydrogen-bond donors (Lipinski definition) is 0. The Morgan fingerprint density at radius 1 is 0.629 bits per heavy atom. The minimum atomic E-state index is -0.603. The van der Waals surface area contributed by atoms with E-state index in [9.17, 15) is 19.2 Å². The Morgan fingerprint density at radius 2 is 1.13 bits per heavy atom. The minimum absolute atomic E-state index is 0.198. The largest absolute Gasteiger partial charge is 0.494 e. The number of esters is 4. The Labute approximate surface area is 364 Å². The van der Waals surface area contributed by atoms with Gasteiger partial charge in [0.15, 0.2) is 0 Å². The van der Waals surface area contributed by atoms with Crippen LogP contribution in [0.15, 0.2) is 127 Å². The van der Waals surface area contributed by atoms with E-state index >= 15 is 0 Å². The summed E-state index contributed by atoms with van der Waals surface area (Å²) in [6.07, 6.45) is 9.14. The van der Waals surface area contributed by atoms with Gasteiger partial charge in [-0.1, -0.05) is 36.6 Å². The van der Waals surface area contributed by atoms with Gasteiger partial charge in [-0.25, -0.2) is 19.2 Å². The monoisotopic (exact) mass is 861 g/mol. The summed E-state index contributed by atoms with van der Waals surface area (Å²) < 4.78 is 36.3. The van der Waals surface area contributed by atoms with Crippen molar-refractivity contribution in [1.29, 1.82) is 0 Å². The van der Waals surface area contributed by atoms with Crippen LogP contribution in [0.3, 0.4) is 0 Å². The van der Waals surface area contributed by atoms with E-state index in [4.69, 9.17) is 28.4 Å². The molecule has 0 aliphatic heterocycles. The number of thiazole rings is 1. The molecule has 0 bridgehead atoms. The van der Waals surface area contributed by atoms with Gasteiger partial charge < -0.3 is 33.0 Å². The van der Waals surface area contributed by atoms with Gasteiger partial charge in [0.1, 0.15) is 23.0 Å². The molecule has 0 unspecified atom stereocenters. The summed E-state index contributed by atoms with van der Waals surface area (Å²) in [7, 11) is 1.91. The number of para-hydroxylation sites is 1. The number of benzene rings is 4. The molecular weight excluding hydrogens is 811 g/mol. The number of hydrogen-bond acceptors (Lipinski definition) is 13. The van der Waals surface area contributed by atoms with Crippen LogP contribution in [-0.2, 0) is 26.1 Å². The molecule has 1 heterocycles. The molecule has 0 atom stereocenters. The highest BCUT2D eigenvalue weighted by Crippen LogP contribution is 2.28. The molecule has 0 fully saturated rings. The van der Waals surface area contributed by atoms with E-state index in [0.717, 1.165) is 73.7 Å². The van der Waals surface area contributed by atoms with Crippen LogP contribution in [0.25, 0.3) is 10.2 Å². The molecule has 13 nitrogen and oxygen atoms in total. The highest BCUT2D eigenvalue weighted by atomic mass is 32.1. The Kier molecular flexibility index (Phi) is 18.3. The lowest BCUT2D eigenvalue weighted by Crippen LogP contribution is -2.13. The van der Waals surface area contributed by atoms with E-state index < -0.39 is 23.9 Å². The van der Waals surface area contributed by atoms with Gasteiger partial charge in [0.25, 0.3) is 0 Å². The maximum Gasteiger partial charge on any atom is 0.343 e. The first-order valence-corrected chi connectivity index (χ1v) is 21.2. The van der Waals surface area contributed by atoms with Crippen molar-refractivity contribution in [3.63, 3.8) is 0 Å². The van der Waals surface area contributed by atoms with E-state index in [1.807, 2.05) is 35.9 Å². The second-order valence-corrected chi connectivity index (χ2v) is 15.0. The van der Waals surface area contributed by atoms with Crippen LogP contribution in [-0.4, -0.2) is 60.6 Å². The summed E-state index contributed by atoms with van der Waals surface area (Å²) in [6, 6.07) is 26.0. The van der Waals surface area contributed by atoms with Crippen LogP contribution in [0.4, 0.5) is 0 Å². The van der Waals surface area contributed by atoms with Crippen LogP contribution in [0.1, 0.15) is 84.6 Å². The zero-order chi connectivity index (χ0) is 44.1. The predicted molar refractivity (Wildman–Crippen MR) is 238 cm³/mol. The minimum Gasteiger partial charge on any atom is -0.494 e. The summed E-state index contributed by atoms with van der Waals surface area (Å²) >= 11 is 1.49. The molecular formula is C48H51N3O10S. The summed E-state index contributed by atoms with van der Waals surface area (Å²) in [5.41, 5.74) is 2.46. The van der Waals surface area contributed by atoms with Crippen molar-refractivity contribution in [2.75, 3.05) is 26.4 Å². The molecule has 0 radical (unpaired) electrons. The van der Waals surface area contributed by atoms with Gasteiger partial charge in [-0.05, 0) is 137 Å². The van der Waals surface area contributed by atoms with Gasteiger partial charge in [-0.15, -0.1) is 5.10 Å². The maximum atomic E-state index is 13.4. The average molecular weight is 862 g/mol. The smallest absolute Gasteiger partial charge is 0.343 e. The third-order valence-electron chi connectivity index (χ3n) is 9.37. The fourth-order valence-corrected chi connectivity index (χ4v) is 6.92. The number of carbonyl (C=O) groups excluding carboxylic acids is 4. The fraction of sp³-hybridized carbons (Fsp3) is 0.292. The molecule has 0 saturated carbocycles. The lowest BCUT2D eigenvalue weighted by molar-refractivity contribution is -0.138. The molecule has 324 valence electrons. The molecule has 0 aliphatic rings. The first-order valence-electron chi connectivity index (χ1n) is 20.4. The topological polar surface area (TPSA) is 153 Å². The normalized spacial score (nSPS) is 11.5. The first kappa shape index (κ1) is 46.3. The summed E-state index contributed by atoms with van der Waals surface area (Å²) in [6.45, 7) is 10.2. The predicted octanol–water partition coefficient (Wildman–Crippen LogP) is 9.34. The molecule has 0 amide bonds. The number of ether oxygens (including phenoxy) is 6. The molecule has 4 aromatic carbocycles. The lowest BCUT2D eigenvalue weighted by Gasteiger charge is -2.13. The van der Waals surface area contributed by atoms with Crippen LogP contribution >= 0.6 is 11.3 Å². The maximum absolute atomic E-state index is 13.4. The van der Waals surface area contributed by atoms with E-state index in [-0.39, 0.29) is 11.5 Å². The zero-order valence-corrected chi connectivity index (χ0v) is 35.9. The number of aryl methyl sites for hydroxylation is 1. The van der Waals surface area contributed by atoms with Crippen molar-refractivity contribution in [3.8, 4) is 23.0 Å². The summed E-state index contributed by atoms with van der Waals surface area (Å²) in [4.78, 5) is 49.6. The Balaban J connectivity index is 1.21. The first-order chi connectivity index (χ1) is 30.1. The standard InChI is InChI=1S/C48H51N3O10S/c1-5-44(52)58-31-15-9-7-13-29-56-37-23-19-35(20-24-37)46(54)60-39-27-28-42(40(33-39)34(3)49-50-48-51(4)41-17-11-12-18-43(41)62-48)61-47(55)36-21-25-38(26-22-36)57-30-14-8-10-16-32-59-45(53)6-2/h5-6,11-12,17-28,33H,1-2,7-10,13-16,29-32H2,3-4H3. The Hall–Kier alpha value is -6.80. The van der Waals surface area contributed by atoms with Crippen molar-refractivity contribution in [3.05, 3.63) is 138 Å². The Morgan fingerprint density at radius 3 is 1.66 bits per heavy atom. The number of carbonyl (C=O) groups is 4. The number of nitrogens with zero attached hydrogens (tertiary/aromatic N) is 3. The summed E-state index contributed by atoms with van der Waals surface area (Å²) in [5, 5.41) is 9.03. The SMILES string of the molecule is C=CC(=O)OCCCCCCOc1ccc(C(=O)Oc2ccc(OC(=O)c3ccc(OCCCCCCOC(=O)C=C)cc3)c(C(C)=NN=c3sc4ccccc4n3C)c2)cc1. The van der Waals surface area contributed by atoms with Gasteiger partial charge in [0.05, 0.1) is 53.5 Å². The zero-order valence-electron chi connectivity index (χ0n) is 35.0. The molecule has 62 heavy (non-hydrogen) atoms. The van der Waals surface area contributed by atoms with Crippen LogP contribution in [0.2, 0.25) is 0 Å². The number of unbranched alkanes of at least 4 members (excludes halogenated alkanes) is 6. The van der Waals surface area contributed by atoms with Gasteiger partial charge in [-0.2, -0.15) is 5.10 Å². The van der Waals surface area contributed by atoms with E-state index in [1.165, 1.54) is 11.3 Å². The van der Waals surface area contributed by atoms with E-state index in [0.29, 0.717) is 65.1 Å². The van der Waals surface area contributed by atoms with Crippen molar-refractivity contribution in [1.82, 2.24) is 4.57 Å². The highest BCUT2D eigenvalue weighted by molar-refractivity contribution is 7.16. The second kappa shape index (κ2) is 24.5. The molecule has 0 spiro atoms. The van der Waals surface area contributed by atoms with Crippen molar-refractivity contribution >= 4 is 51.1 Å². The Bertz CT molecular complexity index is 2420. The second-order valence-electron chi connectivity index (χ2n) is 14.0. The fourth-order valence-electron chi connectivity index (χ4n) is 5.95. The molecule has 5 aromatic rings. The lowest BCUT2D eigenvalue weighted by atomic mass is 10.1. The molecule has 0 aliphatic carbocycles. The van der Waals surface area contributed by atoms with Crippen molar-refractivity contribution in [2.45, 2.75) is 58.3 Å². The van der Waals surface area contributed by atoms with Crippen LogP contribution in [0.5, 0.6) is 23.0 Å². The molecule has 1 aromatic heterocycles. The third-order valence-corrected chi connectivity index (χ3v) is 10.5. The molecule has 5 rings (SSSR count). The van der Waals surface area contributed by atoms with Gasteiger partial charge >= 0.3 is 23.9 Å². The summed E-state index contributed by atoms with van der Waals surface area (Å²) in [5.74, 6) is -0.380. The number of rotatable bonds is 24. The number of aromatic nitrogens is 1. The van der Waals surface area contributed by atoms with Crippen LogP contribution < -0.4 is 23.7 Å². The average Bonchev–Trinajstić information content (AvgIpc) is 3.62. The van der Waals surface area contributed by atoms with Crippen molar-refractivity contribution in [2.24, 2.45) is 17.3 Å². The van der Waals surface area contributed by atoms with Gasteiger partial charge in [0, 0.05) is 24.8 Å². The number of fused-ring (bicyclic) bond motifs is 1. The molecule has 0 N–H and O–H groups in total. The highest BCUT2D eigenvalue weighted by Gasteiger charge is 2.17. The van der Waals surface area contributed by atoms with Crippen LogP contribution in [0, 0.1) is 0 Å². The molecule has 14 heteroatoms.